The molecule has 0 saturated carbocycles. The smallest absolute Gasteiger partial charge is 0.335 e. The largest absolute Gasteiger partial charge is 0.401 e. The van der Waals surface area contributed by atoms with Crippen LogP contribution < -0.4 is 5.32 Å². The third kappa shape index (κ3) is 4.71. The second-order valence-corrected chi connectivity index (χ2v) is 5.93. The molecule has 1 unspecified atom stereocenters. The lowest BCUT2D eigenvalue weighted by Gasteiger charge is -2.25. The number of nitrogens with zero attached hydrogens (tertiary/aromatic N) is 1. The first-order valence-electron chi connectivity index (χ1n) is 6.69. The van der Waals surface area contributed by atoms with Crippen LogP contribution in [0.3, 0.4) is 0 Å². The lowest BCUT2D eigenvalue weighted by Crippen LogP contribution is -2.40. The maximum Gasteiger partial charge on any atom is 0.401 e. The highest BCUT2D eigenvalue weighted by atomic mass is 79.9. The van der Waals surface area contributed by atoms with Gasteiger partial charge in [0.25, 0.3) is 0 Å². The maximum absolute atomic E-state index is 12.1. The Balaban J connectivity index is 1.97. The lowest BCUT2D eigenvalue weighted by atomic mass is 10.0. The summed E-state index contributed by atoms with van der Waals surface area (Å²) in [5.74, 6) is -0.290. The fourth-order valence-electron chi connectivity index (χ4n) is 2.54. The third-order valence-electron chi connectivity index (χ3n) is 3.41. The van der Waals surface area contributed by atoms with Gasteiger partial charge in [-0.3, -0.25) is 4.79 Å². The van der Waals surface area contributed by atoms with Crippen molar-refractivity contribution >= 4 is 21.8 Å². The number of rotatable bonds is 4. The minimum Gasteiger partial charge on any atom is -0.335 e. The van der Waals surface area contributed by atoms with Crippen LogP contribution >= 0.6 is 15.9 Å². The van der Waals surface area contributed by atoms with E-state index in [-0.39, 0.29) is 18.5 Å². The molecule has 1 heterocycles. The summed E-state index contributed by atoms with van der Waals surface area (Å²) >= 11 is 3.39. The fourth-order valence-corrected chi connectivity index (χ4v) is 2.96. The summed E-state index contributed by atoms with van der Waals surface area (Å²) in [7, 11) is 0. The van der Waals surface area contributed by atoms with E-state index in [1.54, 1.807) is 4.90 Å². The minimum atomic E-state index is -4.30. The molecule has 1 aliphatic rings. The number of benzene rings is 1. The van der Waals surface area contributed by atoms with Gasteiger partial charge in [0.05, 0.1) is 19.1 Å². The molecule has 1 fully saturated rings. The molecule has 0 aliphatic carbocycles. The Bertz CT molecular complexity index is 507. The predicted molar refractivity (Wildman–Crippen MR) is 76.8 cm³/mol. The monoisotopic (exact) mass is 364 g/mol. The summed E-state index contributed by atoms with van der Waals surface area (Å²) in [6.07, 6.45) is -2.60. The molecule has 1 amide bonds. The Kier molecular flexibility index (Phi) is 5.27. The number of halogens is 4. The molecule has 2 rings (SSSR count). The van der Waals surface area contributed by atoms with Crippen molar-refractivity contribution in [2.24, 2.45) is 0 Å². The number of carbonyl (C=O) groups excluding carboxylic acids is 1. The van der Waals surface area contributed by atoms with E-state index in [1.165, 1.54) is 0 Å². The molecular formula is C14H16BrF3N2O. The molecule has 0 bridgehead atoms. The van der Waals surface area contributed by atoms with Crippen LogP contribution in [0, 0.1) is 0 Å². The minimum absolute atomic E-state index is 0.0531. The van der Waals surface area contributed by atoms with Crippen molar-refractivity contribution in [3.05, 3.63) is 34.3 Å². The number of hydrogen-bond donors (Lipinski definition) is 1. The number of likely N-dealkylation sites (tertiary alicyclic amines) is 1. The van der Waals surface area contributed by atoms with E-state index in [0.29, 0.717) is 6.54 Å². The molecule has 7 heteroatoms. The molecule has 1 N–H and O–H groups in total. The quantitative estimate of drug-likeness (QED) is 0.889. The zero-order chi connectivity index (χ0) is 15.5. The Morgan fingerprint density at radius 1 is 1.43 bits per heavy atom. The van der Waals surface area contributed by atoms with Gasteiger partial charge in [-0.1, -0.05) is 28.1 Å². The molecule has 21 heavy (non-hydrogen) atoms. The first-order chi connectivity index (χ1) is 9.87. The summed E-state index contributed by atoms with van der Waals surface area (Å²) in [6, 6.07) is 7.61. The molecule has 0 aromatic heterocycles. The number of alkyl halides is 3. The highest BCUT2D eigenvalue weighted by Gasteiger charge is 2.31. The van der Waals surface area contributed by atoms with Crippen LogP contribution in [-0.2, 0) is 4.79 Å². The van der Waals surface area contributed by atoms with Crippen LogP contribution in [-0.4, -0.2) is 36.6 Å². The van der Waals surface area contributed by atoms with E-state index in [0.717, 1.165) is 22.9 Å². The van der Waals surface area contributed by atoms with E-state index in [1.807, 2.05) is 24.3 Å². The van der Waals surface area contributed by atoms with Crippen molar-refractivity contribution < 1.29 is 18.0 Å². The molecular weight excluding hydrogens is 349 g/mol. The van der Waals surface area contributed by atoms with Crippen molar-refractivity contribution in [3.63, 3.8) is 0 Å². The molecule has 0 spiro atoms. The highest BCUT2D eigenvalue weighted by molar-refractivity contribution is 9.10. The van der Waals surface area contributed by atoms with Crippen molar-refractivity contribution in [1.29, 1.82) is 0 Å². The molecule has 1 aliphatic heterocycles. The van der Waals surface area contributed by atoms with Gasteiger partial charge < -0.3 is 10.2 Å². The zero-order valence-corrected chi connectivity index (χ0v) is 12.9. The Hall–Kier alpha value is -1.08. The average molecular weight is 365 g/mol. The van der Waals surface area contributed by atoms with Crippen LogP contribution in [0.1, 0.15) is 24.4 Å². The molecule has 1 aromatic rings. The van der Waals surface area contributed by atoms with Gasteiger partial charge >= 0.3 is 6.18 Å². The standard InChI is InChI=1S/C14H16BrF3N2O/c15-11-4-1-3-10(7-11)12-5-2-6-20(12)13(21)8-19-9-14(16,17)18/h1,3-4,7,12,19H,2,5-6,8-9H2. The first-order valence-corrected chi connectivity index (χ1v) is 7.48. The maximum atomic E-state index is 12.1. The average Bonchev–Trinajstić information content (AvgIpc) is 2.86. The van der Waals surface area contributed by atoms with Crippen LogP contribution in [0.25, 0.3) is 0 Å². The predicted octanol–water partition coefficient (Wildman–Crippen LogP) is 3.26. The number of carbonyl (C=O) groups is 1. The molecule has 0 radical (unpaired) electrons. The number of hydrogen-bond acceptors (Lipinski definition) is 2. The van der Waals surface area contributed by atoms with Gasteiger partial charge in [0.2, 0.25) is 5.91 Å². The van der Waals surface area contributed by atoms with Crippen molar-refractivity contribution in [2.45, 2.75) is 25.1 Å². The van der Waals surface area contributed by atoms with E-state index in [9.17, 15) is 18.0 Å². The Morgan fingerprint density at radius 3 is 2.86 bits per heavy atom. The van der Waals surface area contributed by atoms with E-state index in [2.05, 4.69) is 21.2 Å². The molecule has 1 atom stereocenters. The van der Waals surface area contributed by atoms with Gasteiger partial charge in [0.1, 0.15) is 0 Å². The van der Waals surface area contributed by atoms with Crippen LogP contribution in [0.5, 0.6) is 0 Å². The van der Waals surface area contributed by atoms with Crippen LogP contribution in [0.15, 0.2) is 28.7 Å². The summed E-state index contributed by atoms with van der Waals surface area (Å²) in [5, 5.41) is 2.16. The normalized spacial score (nSPS) is 19.0. The summed E-state index contributed by atoms with van der Waals surface area (Å²) in [4.78, 5) is 13.7. The lowest BCUT2D eigenvalue weighted by molar-refractivity contribution is -0.134. The second kappa shape index (κ2) is 6.79. The van der Waals surface area contributed by atoms with Crippen molar-refractivity contribution in [1.82, 2.24) is 10.2 Å². The van der Waals surface area contributed by atoms with Crippen LogP contribution in [0.2, 0.25) is 0 Å². The second-order valence-electron chi connectivity index (χ2n) is 5.02. The fraction of sp³-hybridized carbons (Fsp3) is 0.500. The summed E-state index contributed by atoms with van der Waals surface area (Å²) in [6.45, 7) is -0.845. The van der Waals surface area contributed by atoms with Crippen molar-refractivity contribution in [2.75, 3.05) is 19.6 Å². The van der Waals surface area contributed by atoms with Gasteiger partial charge in [-0.15, -0.1) is 0 Å². The highest BCUT2D eigenvalue weighted by Crippen LogP contribution is 2.32. The van der Waals surface area contributed by atoms with Gasteiger partial charge in [-0.05, 0) is 30.5 Å². The summed E-state index contributed by atoms with van der Waals surface area (Å²) < 4.78 is 37.2. The summed E-state index contributed by atoms with van der Waals surface area (Å²) in [5.41, 5.74) is 1.01. The van der Waals surface area contributed by atoms with E-state index >= 15 is 0 Å². The van der Waals surface area contributed by atoms with E-state index < -0.39 is 12.7 Å². The van der Waals surface area contributed by atoms with Gasteiger partial charge in [0, 0.05) is 11.0 Å². The molecule has 116 valence electrons. The van der Waals surface area contributed by atoms with Gasteiger partial charge in [-0.2, -0.15) is 13.2 Å². The van der Waals surface area contributed by atoms with Gasteiger partial charge in [0.15, 0.2) is 0 Å². The molecule has 1 aromatic carbocycles. The third-order valence-corrected chi connectivity index (χ3v) is 3.90. The first kappa shape index (κ1) is 16.3. The van der Waals surface area contributed by atoms with E-state index in [4.69, 9.17) is 0 Å². The number of nitrogens with one attached hydrogen (secondary N) is 1. The van der Waals surface area contributed by atoms with Crippen LogP contribution in [0.4, 0.5) is 13.2 Å². The number of amides is 1. The Morgan fingerprint density at radius 2 is 2.19 bits per heavy atom. The molecule has 3 nitrogen and oxygen atoms in total. The molecule has 1 saturated heterocycles. The Labute approximate surface area is 129 Å². The zero-order valence-electron chi connectivity index (χ0n) is 11.3. The SMILES string of the molecule is O=C(CNCC(F)(F)F)N1CCCC1c1cccc(Br)c1. The van der Waals surface area contributed by atoms with Crippen molar-refractivity contribution in [3.8, 4) is 0 Å². The van der Waals surface area contributed by atoms with Gasteiger partial charge in [-0.25, -0.2) is 0 Å². The topological polar surface area (TPSA) is 32.3 Å².